The van der Waals surface area contributed by atoms with E-state index in [0.29, 0.717) is 15.0 Å². The summed E-state index contributed by atoms with van der Waals surface area (Å²) in [6.45, 7) is -0.297. The van der Waals surface area contributed by atoms with E-state index in [1.807, 2.05) is 0 Å². The van der Waals surface area contributed by atoms with Crippen LogP contribution in [0.3, 0.4) is 0 Å². The first-order valence-corrected chi connectivity index (χ1v) is 4.80. The fourth-order valence-corrected chi connectivity index (χ4v) is 1.57. The predicted octanol–water partition coefficient (Wildman–Crippen LogP) is -2.83. The maximum atomic E-state index is 10.1. The van der Waals surface area contributed by atoms with Gasteiger partial charge >= 0.3 is 29.6 Å². The Balaban J connectivity index is 0.00000169. The van der Waals surface area contributed by atoms with Gasteiger partial charge in [0.1, 0.15) is 9.21 Å². The third-order valence-electron chi connectivity index (χ3n) is 1.10. The van der Waals surface area contributed by atoms with E-state index in [2.05, 4.69) is 47.1 Å². The van der Waals surface area contributed by atoms with Gasteiger partial charge in [-0.1, -0.05) is 0 Å². The van der Waals surface area contributed by atoms with E-state index in [9.17, 15) is 9.90 Å². The van der Waals surface area contributed by atoms with E-state index in [0.717, 1.165) is 0 Å². The number of carboxylic acid groups (broad SMARTS) is 1. The molecule has 5 nitrogen and oxygen atoms in total. The fraction of sp³-hybridized carbons (Fsp3) is 0.167. The summed E-state index contributed by atoms with van der Waals surface area (Å²) in [6, 6.07) is 0. The molecular weight excluding hydrogens is 329 g/mol. The Labute approximate surface area is 119 Å². The Bertz CT molecular complexity index is 337. The molecule has 0 amide bonds. The molecule has 0 aliphatic carbocycles. The molecular formula is C6H4Br2N3NaO2. The van der Waals surface area contributed by atoms with Crippen LogP contribution in [-0.4, -0.2) is 22.5 Å². The van der Waals surface area contributed by atoms with Crippen molar-refractivity contribution in [3.8, 4) is 0 Å². The Hall–Kier alpha value is 0.310. The van der Waals surface area contributed by atoms with Crippen LogP contribution in [-0.2, 0) is 4.79 Å². The zero-order chi connectivity index (χ0) is 9.84. The average Bonchev–Trinajstić information content (AvgIpc) is 2.02. The van der Waals surface area contributed by atoms with Crippen molar-refractivity contribution in [1.82, 2.24) is 9.97 Å². The van der Waals surface area contributed by atoms with E-state index >= 15 is 0 Å². The molecule has 0 saturated carbocycles. The molecule has 70 valence electrons. The number of halogens is 2. The van der Waals surface area contributed by atoms with Gasteiger partial charge in [0.25, 0.3) is 0 Å². The number of rotatable bonds is 3. The molecule has 1 aromatic heterocycles. The van der Waals surface area contributed by atoms with Crippen molar-refractivity contribution in [3.05, 3.63) is 15.4 Å². The Morgan fingerprint density at radius 3 is 2.71 bits per heavy atom. The number of carbonyl (C=O) groups is 1. The number of nitrogens with one attached hydrogen (secondary N) is 1. The van der Waals surface area contributed by atoms with Gasteiger partial charge in [-0.2, -0.15) is 0 Å². The molecule has 0 radical (unpaired) electrons. The van der Waals surface area contributed by atoms with Gasteiger partial charge in [-0.3, -0.25) is 0 Å². The summed E-state index contributed by atoms with van der Waals surface area (Å²) in [4.78, 5) is 17.9. The van der Waals surface area contributed by atoms with Crippen LogP contribution in [0.25, 0.3) is 0 Å². The van der Waals surface area contributed by atoms with Crippen LogP contribution in [0, 0.1) is 0 Å². The van der Waals surface area contributed by atoms with Gasteiger partial charge in [-0.15, -0.1) is 0 Å². The number of anilines is 1. The van der Waals surface area contributed by atoms with Crippen LogP contribution in [0.5, 0.6) is 0 Å². The molecule has 0 fully saturated rings. The molecule has 1 N–H and O–H groups in total. The van der Waals surface area contributed by atoms with Gasteiger partial charge in [-0.05, 0) is 31.9 Å². The molecule has 0 spiro atoms. The smallest absolute Gasteiger partial charge is 0.548 e. The van der Waals surface area contributed by atoms with E-state index < -0.39 is 5.97 Å². The molecule has 1 aromatic rings. The standard InChI is InChI=1S/C6H5Br2N3O2.Na/c7-3-1-9-6(5(8)11-3)10-2-4(12)13;/h1H,2H2,(H,9,10)(H,12,13);/q;+1/p-1. The van der Waals surface area contributed by atoms with Crippen LogP contribution in [0.1, 0.15) is 0 Å². The van der Waals surface area contributed by atoms with Crippen LogP contribution in [0.4, 0.5) is 5.82 Å². The topological polar surface area (TPSA) is 77.9 Å². The molecule has 0 bridgehead atoms. The van der Waals surface area contributed by atoms with E-state index in [1.165, 1.54) is 6.20 Å². The van der Waals surface area contributed by atoms with Crippen molar-refractivity contribution >= 4 is 43.6 Å². The van der Waals surface area contributed by atoms with Gasteiger partial charge in [0.05, 0.1) is 18.7 Å². The molecule has 14 heavy (non-hydrogen) atoms. The van der Waals surface area contributed by atoms with Gasteiger partial charge in [-0.25, -0.2) is 9.97 Å². The monoisotopic (exact) mass is 331 g/mol. The Morgan fingerprint density at radius 2 is 2.21 bits per heavy atom. The number of aromatic nitrogens is 2. The van der Waals surface area contributed by atoms with Crippen LogP contribution < -0.4 is 40.0 Å². The summed E-state index contributed by atoms with van der Waals surface area (Å²) < 4.78 is 1.02. The molecule has 0 saturated heterocycles. The van der Waals surface area contributed by atoms with E-state index in [4.69, 9.17) is 0 Å². The zero-order valence-electron chi connectivity index (χ0n) is 7.25. The third kappa shape index (κ3) is 4.70. The van der Waals surface area contributed by atoms with Crippen molar-refractivity contribution < 1.29 is 39.5 Å². The zero-order valence-corrected chi connectivity index (χ0v) is 12.4. The largest absolute Gasteiger partial charge is 1.00 e. The molecule has 0 aromatic carbocycles. The van der Waals surface area contributed by atoms with E-state index in [1.54, 1.807) is 0 Å². The minimum Gasteiger partial charge on any atom is -0.548 e. The number of hydrogen-bond acceptors (Lipinski definition) is 5. The number of nitrogens with zero attached hydrogens (tertiary/aromatic N) is 2. The molecule has 0 aliphatic heterocycles. The fourth-order valence-electron chi connectivity index (χ4n) is 0.621. The van der Waals surface area contributed by atoms with Gasteiger partial charge in [0.15, 0.2) is 5.82 Å². The normalized spacial score (nSPS) is 9.00. The summed E-state index contributed by atoms with van der Waals surface area (Å²) in [5.74, 6) is -0.830. The second-order valence-electron chi connectivity index (χ2n) is 2.06. The molecule has 8 heteroatoms. The van der Waals surface area contributed by atoms with Crippen LogP contribution in [0.15, 0.2) is 15.4 Å². The van der Waals surface area contributed by atoms with Crippen molar-refractivity contribution in [3.63, 3.8) is 0 Å². The van der Waals surface area contributed by atoms with Crippen molar-refractivity contribution in [2.45, 2.75) is 0 Å². The second kappa shape index (κ2) is 6.73. The minimum atomic E-state index is -1.20. The summed E-state index contributed by atoms with van der Waals surface area (Å²) >= 11 is 6.23. The Morgan fingerprint density at radius 1 is 1.57 bits per heavy atom. The van der Waals surface area contributed by atoms with Crippen LogP contribution in [0.2, 0.25) is 0 Å². The quantitative estimate of drug-likeness (QED) is 0.604. The van der Waals surface area contributed by atoms with Crippen molar-refractivity contribution in [2.24, 2.45) is 0 Å². The van der Waals surface area contributed by atoms with Crippen molar-refractivity contribution in [2.75, 3.05) is 11.9 Å². The molecule has 0 aliphatic rings. The van der Waals surface area contributed by atoms with E-state index in [-0.39, 0.29) is 36.1 Å². The summed E-state index contributed by atoms with van der Waals surface area (Å²) in [7, 11) is 0. The second-order valence-corrected chi connectivity index (χ2v) is 3.62. The first-order valence-electron chi connectivity index (χ1n) is 3.21. The maximum Gasteiger partial charge on any atom is 1.00 e. The minimum absolute atomic E-state index is 0. The Kier molecular flexibility index (Phi) is 6.88. The molecule has 0 atom stereocenters. The third-order valence-corrected chi connectivity index (χ3v) is 2.04. The predicted molar refractivity (Wildman–Crippen MR) is 50.9 cm³/mol. The summed E-state index contributed by atoms with van der Waals surface area (Å²) in [5.41, 5.74) is 0. The van der Waals surface area contributed by atoms with Gasteiger partial charge in [0, 0.05) is 0 Å². The van der Waals surface area contributed by atoms with Gasteiger partial charge < -0.3 is 15.2 Å². The summed E-state index contributed by atoms with van der Waals surface area (Å²) in [5, 5.41) is 12.6. The van der Waals surface area contributed by atoms with Gasteiger partial charge in [0.2, 0.25) is 0 Å². The summed E-state index contributed by atoms with van der Waals surface area (Å²) in [6.07, 6.45) is 1.46. The number of hydrogen-bond donors (Lipinski definition) is 1. The number of aliphatic carboxylic acids is 1. The SMILES string of the molecule is O=C([O-])CNc1ncc(Br)nc1Br.[Na+]. The maximum absolute atomic E-state index is 10.1. The molecule has 1 rings (SSSR count). The first kappa shape index (κ1) is 14.3. The number of carbonyl (C=O) groups excluding carboxylic acids is 1. The number of carboxylic acids is 1. The molecule has 1 heterocycles. The average molecular weight is 333 g/mol. The van der Waals surface area contributed by atoms with Crippen molar-refractivity contribution in [1.29, 1.82) is 0 Å². The molecule has 0 unspecified atom stereocenters. The van der Waals surface area contributed by atoms with Crippen LogP contribution >= 0.6 is 31.9 Å². The first-order chi connectivity index (χ1) is 6.09.